The first-order valence-corrected chi connectivity index (χ1v) is 8.84. The molecule has 104 valence electrons. The van der Waals surface area contributed by atoms with Gasteiger partial charge in [-0.2, -0.15) is 0 Å². The third-order valence-electron chi connectivity index (χ3n) is 5.37. The van der Waals surface area contributed by atoms with Gasteiger partial charge in [0.1, 0.15) is 0 Å². The van der Waals surface area contributed by atoms with Crippen molar-refractivity contribution in [1.82, 2.24) is 0 Å². The molecule has 2 bridgehead atoms. The molecule has 0 radical (unpaired) electrons. The van der Waals surface area contributed by atoms with E-state index < -0.39 is 0 Å². The topological polar surface area (TPSA) is 0 Å². The van der Waals surface area contributed by atoms with Crippen LogP contribution >= 0.6 is 27.5 Å². The van der Waals surface area contributed by atoms with Gasteiger partial charge in [0.2, 0.25) is 0 Å². The van der Waals surface area contributed by atoms with Crippen LogP contribution in [0.15, 0.2) is 36.4 Å². The van der Waals surface area contributed by atoms with Crippen LogP contribution in [-0.4, -0.2) is 0 Å². The molecule has 0 amide bonds. The fourth-order valence-corrected chi connectivity index (χ4v) is 5.68. The van der Waals surface area contributed by atoms with Crippen molar-refractivity contribution in [2.24, 2.45) is 17.8 Å². The smallest absolute Gasteiger partial charge is 0.0484 e. The summed E-state index contributed by atoms with van der Waals surface area (Å²) >= 11 is 10.4. The van der Waals surface area contributed by atoms with Crippen molar-refractivity contribution in [1.29, 1.82) is 0 Å². The molecule has 2 aromatic carbocycles. The molecule has 2 aromatic rings. The van der Waals surface area contributed by atoms with E-state index in [1.54, 1.807) is 0 Å². The van der Waals surface area contributed by atoms with Crippen LogP contribution in [0.2, 0.25) is 5.02 Å². The second-order valence-corrected chi connectivity index (χ2v) is 7.82. The highest BCUT2D eigenvalue weighted by Crippen LogP contribution is 2.55. The number of halogens is 2. The minimum atomic E-state index is 0.472. The predicted molar refractivity (Wildman–Crippen MR) is 89.6 cm³/mol. The minimum Gasteiger partial charge on any atom is -0.0837 e. The van der Waals surface area contributed by atoms with Gasteiger partial charge >= 0.3 is 0 Å². The Kier molecular flexibility index (Phi) is 3.31. The van der Waals surface area contributed by atoms with E-state index in [2.05, 4.69) is 52.3 Å². The van der Waals surface area contributed by atoms with Crippen molar-refractivity contribution in [3.8, 4) is 0 Å². The first-order chi connectivity index (χ1) is 9.74. The molecule has 2 heteroatoms. The van der Waals surface area contributed by atoms with E-state index in [4.69, 9.17) is 11.6 Å². The van der Waals surface area contributed by atoms with Gasteiger partial charge < -0.3 is 0 Å². The molecule has 0 N–H and O–H groups in total. The van der Waals surface area contributed by atoms with Gasteiger partial charge in [-0.15, -0.1) is 0 Å². The summed E-state index contributed by atoms with van der Waals surface area (Å²) in [7, 11) is 0. The van der Waals surface area contributed by atoms with Crippen molar-refractivity contribution in [2.75, 3.05) is 0 Å². The van der Waals surface area contributed by atoms with E-state index in [1.165, 1.54) is 42.0 Å². The molecule has 0 spiro atoms. The molecule has 2 aliphatic rings. The maximum absolute atomic E-state index is 6.34. The van der Waals surface area contributed by atoms with Crippen LogP contribution in [0.3, 0.4) is 0 Å². The zero-order chi connectivity index (χ0) is 13.7. The number of rotatable bonds is 2. The summed E-state index contributed by atoms with van der Waals surface area (Å²) in [5, 5.41) is 3.35. The lowest BCUT2D eigenvalue weighted by Gasteiger charge is -2.27. The summed E-state index contributed by atoms with van der Waals surface area (Å²) in [5.74, 6) is 2.72. The molecule has 4 unspecified atom stereocenters. The zero-order valence-electron chi connectivity index (χ0n) is 11.4. The standard InChI is InChI=1S/C18H18BrCl/c19-18(16-10-11-5-6-12(16)9-11)15-7-8-17(20)14-4-2-1-3-13(14)15/h1-4,7-8,11-12,16,18H,5-6,9-10H2. The Hall–Kier alpha value is -0.530. The monoisotopic (exact) mass is 348 g/mol. The van der Waals surface area contributed by atoms with Crippen LogP contribution in [-0.2, 0) is 0 Å². The Morgan fingerprint density at radius 3 is 2.50 bits per heavy atom. The van der Waals surface area contributed by atoms with E-state index in [-0.39, 0.29) is 0 Å². The Morgan fingerprint density at radius 2 is 1.80 bits per heavy atom. The van der Waals surface area contributed by atoms with Gasteiger partial charge in [0.05, 0.1) is 0 Å². The first-order valence-electron chi connectivity index (χ1n) is 7.55. The number of fused-ring (bicyclic) bond motifs is 3. The van der Waals surface area contributed by atoms with Gasteiger partial charge in [-0.05, 0) is 54.0 Å². The predicted octanol–water partition coefficient (Wildman–Crippen LogP) is 6.37. The number of alkyl halides is 1. The van der Waals surface area contributed by atoms with Crippen LogP contribution in [0.25, 0.3) is 10.8 Å². The summed E-state index contributed by atoms with van der Waals surface area (Å²) in [6.45, 7) is 0. The van der Waals surface area contributed by atoms with Gasteiger partial charge in [-0.25, -0.2) is 0 Å². The van der Waals surface area contributed by atoms with Crippen molar-refractivity contribution in [2.45, 2.75) is 30.5 Å². The van der Waals surface area contributed by atoms with Crippen molar-refractivity contribution >= 4 is 38.3 Å². The number of benzene rings is 2. The van der Waals surface area contributed by atoms with Crippen LogP contribution in [0.4, 0.5) is 0 Å². The van der Waals surface area contributed by atoms with Crippen molar-refractivity contribution in [3.63, 3.8) is 0 Å². The third-order valence-corrected chi connectivity index (χ3v) is 6.87. The molecular formula is C18H18BrCl. The van der Waals surface area contributed by atoms with Crippen LogP contribution < -0.4 is 0 Å². The van der Waals surface area contributed by atoms with Crippen LogP contribution in [0.5, 0.6) is 0 Å². The molecule has 20 heavy (non-hydrogen) atoms. The van der Waals surface area contributed by atoms with E-state index in [1.807, 2.05) is 0 Å². The molecule has 0 aliphatic heterocycles. The number of hydrogen-bond acceptors (Lipinski definition) is 0. The van der Waals surface area contributed by atoms with Crippen molar-refractivity contribution < 1.29 is 0 Å². The van der Waals surface area contributed by atoms with E-state index >= 15 is 0 Å². The average molecular weight is 350 g/mol. The Bertz CT molecular complexity index is 651. The Labute approximate surface area is 133 Å². The SMILES string of the molecule is Clc1ccc(C(Br)C2CC3CCC2C3)c2ccccc12. The Morgan fingerprint density at radius 1 is 1.00 bits per heavy atom. The molecule has 4 atom stereocenters. The highest BCUT2D eigenvalue weighted by atomic mass is 79.9. The molecular weight excluding hydrogens is 332 g/mol. The Balaban J connectivity index is 1.77. The fraction of sp³-hybridized carbons (Fsp3) is 0.444. The lowest BCUT2D eigenvalue weighted by Crippen LogP contribution is -2.15. The number of hydrogen-bond donors (Lipinski definition) is 0. The summed E-state index contributed by atoms with van der Waals surface area (Å²) in [4.78, 5) is 0.472. The maximum Gasteiger partial charge on any atom is 0.0484 e. The lowest BCUT2D eigenvalue weighted by molar-refractivity contribution is 0.330. The van der Waals surface area contributed by atoms with Crippen LogP contribution in [0.1, 0.15) is 36.1 Å². The van der Waals surface area contributed by atoms with Crippen LogP contribution in [0, 0.1) is 17.8 Å². The second kappa shape index (κ2) is 5.03. The van der Waals surface area contributed by atoms with Crippen molar-refractivity contribution in [3.05, 3.63) is 47.0 Å². The van der Waals surface area contributed by atoms with Gasteiger partial charge in [-0.1, -0.05) is 64.3 Å². The molecule has 0 saturated heterocycles. The molecule has 2 aliphatic carbocycles. The summed E-state index contributed by atoms with van der Waals surface area (Å²) < 4.78 is 0. The van der Waals surface area contributed by atoms with Gasteiger partial charge in [0.25, 0.3) is 0 Å². The quantitative estimate of drug-likeness (QED) is 0.553. The third kappa shape index (κ3) is 2.02. The first kappa shape index (κ1) is 13.2. The summed E-state index contributed by atoms with van der Waals surface area (Å²) in [5.41, 5.74) is 1.42. The molecule has 2 saturated carbocycles. The summed E-state index contributed by atoms with van der Waals surface area (Å²) in [6, 6.07) is 12.8. The fourth-order valence-electron chi connectivity index (χ4n) is 4.41. The second-order valence-electron chi connectivity index (χ2n) is 6.42. The molecule has 0 heterocycles. The maximum atomic E-state index is 6.34. The lowest BCUT2D eigenvalue weighted by atomic mass is 9.83. The average Bonchev–Trinajstić information content (AvgIpc) is 3.10. The van der Waals surface area contributed by atoms with E-state index in [9.17, 15) is 0 Å². The largest absolute Gasteiger partial charge is 0.0837 e. The molecule has 0 nitrogen and oxygen atoms in total. The highest BCUT2D eigenvalue weighted by molar-refractivity contribution is 9.09. The zero-order valence-corrected chi connectivity index (χ0v) is 13.7. The normalized spacial score (nSPS) is 30.0. The van der Waals surface area contributed by atoms with Gasteiger partial charge in [-0.3, -0.25) is 0 Å². The molecule has 2 fully saturated rings. The molecule has 4 rings (SSSR count). The summed E-state index contributed by atoms with van der Waals surface area (Å²) in [6.07, 6.45) is 5.75. The van der Waals surface area contributed by atoms with Gasteiger partial charge in [0.15, 0.2) is 0 Å². The van der Waals surface area contributed by atoms with E-state index in [0.717, 1.165) is 22.8 Å². The van der Waals surface area contributed by atoms with E-state index in [0.29, 0.717) is 4.83 Å². The minimum absolute atomic E-state index is 0.472. The molecule has 0 aromatic heterocycles. The highest BCUT2D eigenvalue weighted by Gasteiger charge is 2.42. The van der Waals surface area contributed by atoms with Gasteiger partial charge in [0, 0.05) is 15.2 Å².